The zero-order chi connectivity index (χ0) is 19.1. The van der Waals surface area contributed by atoms with Crippen LogP contribution in [0.15, 0.2) is 29.6 Å². The third-order valence-corrected chi connectivity index (χ3v) is 4.63. The topological polar surface area (TPSA) is 92.0 Å². The van der Waals surface area contributed by atoms with Gasteiger partial charge in [-0.05, 0) is 48.0 Å². The molecule has 3 rings (SSSR count). The van der Waals surface area contributed by atoms with Gasteiger partial charge in [-0.15, -0.1) is 16.4 Å². The highest BCUT2D eigenvalue weighted by Crippen LogP contribution is 2.16. The number of tetrazole rings is 1. The Kier molecular flexibility index (Phi) is 6.48. The fraction of sp³-hybridized carbons (Fsp3) is 0.389. The van der Waals surface area contributed by atoms with Crippen molar-refractivity contribution in [2.45, 2.75) is 46.4 Å². The molecule has 0 aliphatic heterocycles. The van der Waals surface area contributed by atoms with Gasteiger partial charge < -0.3 is 9.47 Å². The molecule has 142 valence electrons. The fourth-order valence-electron chi connectivity index (χ4n) is 2.34. The van der Waals surface area contributed by atoms with Crippen LogP contribution in [-0.4, -0.2) is 31.2 Å². The van der Waals surface area contributed by atoms with Gasteiger partial charge in [0.1, 0.15) is 12.4 Å². The van der Waals surface area contributed by atoms with Crippen molar-refractivity contribution in [1.29, 1.82) is 0 Å². The van der Waals surface area contributed by atoms with E-state index in [0.29, 0.717) is 30.3 Å². The highest BCUT2D eigenvalue weighted by atomic mass is 32.1. The van der Waals surface area contributed by atoms with Crippen molar-refractivity contribution < 1.29 is 14.3 Å². The summed E-state index contributed by atoms with van der Waals surface area (Å²) in [4.78, 5) is 16.6. The molecular formula is C18H21N5O3S. The van der Waals surface area contributed by atoms with Crippen molar-refractivity contribution in [3.8, 4) is 5.75 Å². The lowest BCUT2D eigenvalue weighted by Crippen LogP contribution is -2.11. The number of hydrogen-bond acceptors (Lipinski definition) is 8. The van der Waals surface area contributed by atoms with Crippen molar-refractivity contribution in [2.24, 2.45) is 0 Å². The molecule has 2 aromatic heterocycles. The van der Waals surface area contributed by atoms with Crippen molar-refractivity contribution in [3.05, 3.63) is 51.7 Å². The Morgan fingerprint density at radius 3 is 2.74 bits per heavy atom. The number of carbonyl (C=O) groups is 1. The minimum absolute atomic E-state index is 0.0387. The molecule has 0 bridgehead atoms. The molecule has 0 amide bonds. The number of carbonyl (C=O) groups excluding carboxylic acids is 1. The van der Waals surface area contributed by atoms with E-state index in [1.54, 1.807) is 40.3 Å². The lowest BCUT2D eigenvalue weighted by molar-refractivity contribution is 0.0456. The molecule has 0 N–H and O–H groups in total. The SMILES string of the molecule is CCCCn1nnnc1COC(=O)c1ccc(OCc2csc(C)n2)cc1. The first-order chi connectivity index (χ1) is 13.2. The van der Waals surface area contributed by atoms with Gasteiger partial charge in [-0.1, -0.05) is 13.3 Å². The molecule has 9 heteroatoms. The summed E-state index contributed by atoms with van der Waals surface area (Å²) in [7, 11) is 0. The molecule has 0 aliphatic carbocycles. The van der Waals surface area contributed by atoms with Crippen LogP contribution in [0.1, 0.15) is 46.6 Å². The number of aryl methyl sites for hydroxylation is 2. The molecule has 1 aromatic carbocycles. The third kappa shape index (κ3) is 5.33. The van der Waals surface area contributed by atoms with E-state index in [9.17, 15) is 4.79 Å². The van der Waals surface area contributed by atoms with Crippen LogP contribution in [0.25, 0.3) is 0 Å². The molecule has 0 spiro atoms. The van der Waals surface area contributed by atoms with E-state index >= 15 is 0 Å². The number of ether oxygens (including phenoxy) is 2. The number of hydrogen-bond donors (Lipinski definition) is 0. The monoisotopic (exact) mass is 387 g/mol. The largest absolute Gasteiger partial charge is 0.487 e. The summed E-state index contributed by atoms with van der Waals surface area (Å²) in [6.07, 6.45) is 2.00. The van der Waals surface area contributed by atoms with Crippen molar-refractivity contribution >= 4 is 17.3 Å². The van der Waals surface area contributed by atoms with Crippen molar-refractivity contribution in [3.63, 3.8) is 0 Å². The molecule has 8 nitrogen and oxygen atoms in total. The fourth-order valence-corrected chi connectivity index (χ4v) is 2.94. The highest BCUT2D eigenvalue weighted by molar-refractivity contribution is 7.09. The Labute approximate surface area is 161 Å². The number of unbranched alkanes of at least 4 members (excludes halogenated alkanes) is 1. The molecule has 2 heterocycles. The summed E-state index contributed by atoms with van der Waals surface area (Å²) in [6, 6.07) is 6.82. The average molecular weight is 387 g/mol. The van der Waals surface area contributed by atoms with E-state index in [1.807, 2.05) is 12.3 Å². The Bertz CT molecular complexity index is 875. The molecule has 0 atom stereocenters. The van der Waals surface area contributed by atoms with Crippen molar-refractivity contribution in [2.75, 3.05) is 0 Å². The Morgan fingerprint density at radius 2 is 2.04 bits per heavy atom. The Morgan fingerprint density at radius 1 is 1.22 bits per heavy atom. The van der Waals surface area contributed by atoms with Gasteiger partial charge in [0.25, 0.3) is 0 Å². The maximum Gasteiger partial charge on any atom is 0.338 e. The van der Waals surface area contributed by atoms with Gasteiger partial charge in [0.2, 0.25) is 0 Å². The second-order valence-corrected chi connectivity index (χ2v) is 6.98. The summed E-state index contributed by atoms with van der Waals surface area (Å²) < 4.78 is 12.6. The smallest absolute Gasteiger partial charge is 0.338 e. The molecule has 0 saturated heterocycles. The Hall–Kier alpha value is -2.81. The maximum absolute atomic E-state index is 12.2. The van der Waals surface area contributed by atoms with Gasteiger partial charge in [-0.25, -0.2) is 14.5 Å². The number of nitrogens with zero attached hydrogens (tertiary/aromatic N) is 5. The standard InChI is InChI=1S/C18H21N5O3S/c1-3-4-9-23-17(20-21-22-23)11-26-18(24)14-5-7-16(8-6-14)25-10-15-12-27-13(2)19-15/h5-8,12H,3-4,9-11H2,1-2H3. The van der Waals surface area contributed by atoms with Crippen LogP contribution >= 0.6 is 11.3 Å². The first-order valence-electron chi connectivity index (χ1n) is 8.71. The predicted molar refractivity (Wildman–Crippen MR) is 99.5 cm³/mol. The summed E-state index contributed by atoms with van der Waals surface area (Å²) in [5.74, 6) is 0.776. The molecule has 27 heavy (non-hydrogen) atoms. The predicted octanol–water partition coefficient (Wildman–Crippen LogP) is 3.17. The van der Waals surface area contributed by atoms with Crippen LogP contribution in [-0.2, 0) is 24.5 Å². The van der Waals surface area contributed by atoms with Crippen LogP contribution in [0.4, 0.5) is 0 Å². The molecular weight excluding hydrogens is 366 g/mol. The summed E-state index contributed by atoms with van der Waals surface area (Å²) >= 11 is 1.59. The average Bonchev–Trinajstić information content (AvgIpc) is 3.31. The van der Waals surface area contributed by atoms with E-state index in [-0.39, 0.29) is 6.61 Å². The van der Waals surface area contributed by atoms with Gasteiger partial charge in [0.05, 0.1) is 16.3 Å². The van der Waals surface area contributed by atoms with Crippen molar-refractivity contribution in [1.82, 2.24) is 25.2 Å². The second kappa shape index (κ2) is 9.22. The first-order valence-corrected chi connectivity index (χ1v) is 9.59. The second-order valence-electron chi connectivity index (χ2n) is 5.92. The maximum atomic E-state index is 12.2. The molecule has 0 saturated carbocycles. The zero-order valence-corrected chi connectivity index (χ0v) is 16.1. The Balaban J connectivity index is 1.51. The summed E-state index contributed by atoms with van der Waals surface area (Å²) in [5, 5.41) is 14.4. The van der Waals surface area contributed by atoms with E-state index in [1.165, 1.54) is 0 Å². The lowest BCUT2D eigenvalue weighted by atomic mass is 10.2. The first kappa shape index (κ1) is 19.0. The molecule has 0 fully saturated rings. The van der Waals surface area contributed by atoms with E-state index in [2.05, 4.69) is 27.4 Å². The van der Waals surface area contributed by atoms with E-state index < -0.39 is 5.97 Å². The minimum Gasteiger partial charge on any atom is -0.487 e. The molecule has 3 aromatic rings. The highest BCUT2D eigenvalue weighted by Gasteiger charge is 2.12. The van der Waals surface area contributed by atoms with Gasteiger partial charge in [0, 0.05) is 11.9 Å². The molecule has 0 radical (unpaired) electrons. The minimum atomic E-state index is -0.429. The van der Waals surface area contributed by atoms with Gasteiger partial charge in [-0.3, -0.25) is 0 Å². The number of rotatable bonds is 9. The van der Waals surface area contributed by atoms with Crippen LogP contribution in [0.2, 0.25) is 0 Å². The molecule has 0 aliphatic rings. The lowest BCUT2D eigenvalue weighted by Gasteiger charge is -2.07. The van der Waals surface area contributed by atoms with Gasteiger partial charge in [-0.2, -0.15) is 0 Å². The summed E-state index contributed by atoms with van der Waals surface area (Å²) in [6.45, 7) is 5.19. The zero-order valence-electron chi connectivity index (χ0n) is 15.3. The number of esters is 1. The van der Waals surface area contributed by atoms with Crippen LogP contribution in [0, 0.1) is 6.92 Å². The van der Waals surface area contributed by atoms with Gasteiger partial charge in [0.15, 0.2) is 12.4 Å². The van der Waals surface area contributed by atoms with E-state index in [4.69, 9.17) is 9.47 Å². The van der Waals surface area contributed by atoms with Gasteiger partial charge >= 0.3 is 5.97 Å². The normalized spacial score (nSPS) is 10.7. The number of aromatic nitrogens is 5. The molecule has 0 unspecified atom stereocenters. The third-order valence-electron chi connectivity index (χ3n) is 3.81. The number of thiazole rings is 1. The quantitative estimate of drug-likeness (QED) is 0.521. The number of benzene rings is 1. The van der Waals surface area contributed by atoms with Crippen LogP contribution in [0.5, 0.6) is 5.75 Å². The van der Waals surface area contributed by atoms with Crippen LogP contribution < -0.4 is 4.74 Å². The van der Waals surface area contributed by atoms with Crippen LogP contribution in [0.3, 0.4) is 0 Å². The van der Waals surface area contributed by atoms with E-state index in [0.717, 1.165) is 23.5 Å². The summed E-state index contributed by atoms with van der Waals surface area (Å²) in [5.41, 5.74) is 1.33.